The number of nitrogens with one attached hydrogen (secondary N) is 1. The molecule has 0 spiro atoms. The maximum atomic E-state index is 13.0. The molecule has 0 aliphatic carbocycles. The summed E-state index contributed by atoms with van der Waals surface area (Å²) in [4.78, 5) is 11.2. The van der Waals surface area contributed by atoms with E-state index in [1.165, 1.54) is 12.3 Å². The molecule has 1 aromatic carbocycles. The largest absolute Gasteiger partial charge is 0.496 e. The Hall–Kier alpha value is -3.94. The third kappa shape index (κ3) is 4.07. The Labute approximate surface area is 172 Å². The van der Waals surface area contributed by atoms with Crippen molar-refractivity contribution in [3.05, 3.63) is 78.3 Å². The predicted molar refractivity (Wildman–Crippen MR) is 107 cm³/mol. The van der Waals surface area contributed by atoms with E-state index < -0.39 is 5.95 Å². The van der Waals surface area contributed by atoms with Crippen LogP contribution in [0, 0.1) is 12.9 Å². The van der Waals surface area contributed by atoms with Gasteiger partial charge >= 0.3 is 0 Å². The van der Waals surface area contributed by atoms with Crippen molar-refractivity contribution in [2.45, 2.75) is 13.5 Å². The first-order chi connectivity index (χ1) is 14.5. The lowest BCUT2D eigenvalue weighted by Crippen LogP contribution is -2.33. The highest BCUT2D eigenvalue weighted by Gasteiger charge is 2.13. The number of aromatic amines is 1. The standard InChI is InChI=1S/C22H20FN4O3/c1-14-3-4-15(12-27(14)28)13-30-17-6-7-18(20(9-17)29-2)19-11-25-22(26-19)16-5-8-21(23)24-10-16/h3-12,28H,13H2,1-2H3,(H,25,26)/q+1. The molecule has 152 valence electrons. The van der Waals surface area contributed by atoms with Crippen LogP contribution in [-0.2, 0) is 6.61 Å². The SMILES string of the molecule is COc1cc(OCc2ccc(C)[n+](O)c2)ccc1-c1cnc(-c2ccc(F)nc2)[nH]1. The van der Waals surface area contributed by atoms with Gasteiger partial charge in [0.05, 0.1) is 24.6 Å². The van der Waals surface area contributed by atoms with Gasteiger partial charge in [-0.1, -0.05) is 0 Å². The minimum absolute atomic E-state index is 0.301. The molecule has 30 heavy (non-hydrogen) atoms. The van der Waals surface area contributed by atoms with E-state index in [2.05, 4.69) is 15.0 Å². The van der Waals surface area contributed by atoms with Crippen LogP contribution in [0.25, 0.3) is 22.6 Å². The van der Waals surface area contributed by atoms with Crippen LogP contribution in [0.3, 0.4) is 0 Å². The molecule has 0 aliphatic heterocycles. The molecule has 0 saturated heterocycles. The molecule has 0 radical (unpaired) electrons. The van der Waals surface area contributed by atoms with Crippen LogP contribution < -0.4 is 14.2 Å². The lowest BCUT2D eigenvalue weighted by atomic mass is 10.1. The Balaban J connectivity index is 1.53. The minimum Gasteiger partial charge on any atom is -0.496 e. The average molecular weight is 407 g/mol. The quantitative estimate of drug-likeness (QED) is 0.289. The summed E-state index contributed by atoms with van der Waals surface area (Å²) < 4.78 is 25.5. The number of aromatic nitrogens is 4. The summed E-state index contributed by atoms with van der Waals surface area (Å²) in [6, 6.07) is 12.1. The molecule has 7 nitrogen and oxygen atoms in total. The van der Waals surface area contributed by atoms with Gasteiger partial charge in [-0.3, -0.25) is 5.21 Å². The van der Waals surface area contributed by atoms with Gasteiger partial charge in [0, 0.05) is 41.1 Å². The summed E-state index contributed by atoms with van der Waals surface area (Å²) in [5.74, 6) is 1.28. The Bertz CT molecular complexity index is 1180. The molecule has 2 N–H and O–H groups in total. The maximum absolute atomic E-state index is 13.0. The molecule has 0 bridgehead atoms. The van der Waals surface area contributed by atoms with Crippen molar-refractivity contribution < 1.29 is 23.8 Å². The fraction of sp³-hybridized carbons (Fsp3) is 0.136. The predicted octanol–water partition coefficient (Wildman–Crippen LogP) is 3.70. The van der Waals surface area contributed by atoms with E-state index in [4.69, 9.17) is 9.47 Å². The highest BCUT2D eigenvalue weighted by atomic mass is 19.1. The zero-order chi connectivity index (χ0) is 21.1. The van der Waals surface area contributed by atoms with E-state index in [1.54, 1.807) is 31.6 Å². The molecule has 0 atom stereocenters. The van der Waals surface area contributed by atoms with Gasteiger partial charge in [0.1, 0.15) is 23.9 Å². The summed E-state index contributed by atoms with van der Waals surface area (Å²) >= 11 is 0. The molecule has 0 fully saturated rings. The Kier molecular flexibility index (Phi) is 5.30. The number of pyridine rings is 2. The van der Waals surface area contributed by atoms with Crippen molar-refractivity contribution in [2.24, 2.45) is 0 Å². The van der Waals surface area contributed by atoms with Crippen LogP contribution in [0.1, 0.15) is 11.3 Å². The molecule has 0 aliphatic rings. The van der Waals surface area contributed by atoms with Crippen LogP contribution >= 0.6 is 0 Å². The third-order valence-corrected chi connectivity index (χ3v) is 4.63. The van der Waals surface area contributed by atoms with Crippen molar-refractivity contribution in [1.29, 1.82) is 0 Å². The highest BCUT2D eigenvalue weighted by Crippen LogP contribution is 2.33. The summed E-state index contributed by atoms with van der Waals surface area (Å²) in [5.41, 5.74) is 3.80. The van der Waals surface area contributed by atoms with E-state index in [0.29, 0.717) is 29.5 Å². The van der Waals surface area contributed by atoms with E-state index >= 15 is 0 Å². The molecular weight excluding hydrogens is 387 g/mol. The minimum atomic E-state index is -0.540. The number of aryl methyl sites for hydroxylation is 1. The maximum Gasteiger partial charge on any atom is 0.231 e. The number of imidazole rings is 1. The smallest absolute Gasteiger partial charge is 0.231 e. The monoisotopic (exact) mass is 407 g/mol. The van der Waals surface area contributed by atoms with E-state index in [-0.39, 0.29) is 0 Å². The van der Waals surface area contributed by atoms with Gasteiger partial charge in [0.25, 0.3) is 0 Å². The number of H-pyrrole nitrogens is 1. The summed E-state index contributed by atoms with van der Waals surface area (Å²) in [6.07, 6.45) is 4.72. The molecule has 3 aromatic heterocycles. The van der Waals surface area contributed by atoms with Gasteiger partial charge in [-0.05, 0) is 30.3 Å². The molecule has 8 heteroatoms. The molecule has 0 amide bonds. The van der Waals surface area contributed by atoms with Gasteiger partial charge in [0.15, 0.2) is 0 Å². The van der Waals surface area contributed by atoms with Gasteiger partial charge in [-0.2, -0.15) is 4.39 Å². The van der Waals surface area contributed by atoms with Crippen LogP contribution in [0.5, 0.6) is 11.5 Å². The van der Waals surface area contributed by atoms with Crippen LogP contribution in [0.4, 0.5) is 4.39 Å². The normalized spacial score (nSPS) is 10.8. The van der Waals surface area contributed by atoms with Crippen molar-refractivity contribution >= 4 is 0 Å². The molecule has 4 rings (SSSR count). The summed E-state index contributed by atoms with van der Waals surface area (Å²) in [6.45, 7) is 2.11. The average Bonchev–Trinajstić information content (AvgIpc) is 3.25. The number of hydrogen-bond acceptors (Lipinski definition) is 5. The van der Waals surface area contributed by atoms with E-state index in [0.717, 1.165) is 27.2 Å². The second-order valence-corrected chi connectivity index (χ2v) is 6.69. The second-order valence-electron chi connectivity index (χ2n) is 6.69. The van der Waals surface area contributed by atoms with Crippen molar-refractivity contribution in [1.82, 2.24) is 15.0 Å². The zero-order valence-electron chi connectivity index (χ0n) is 16.5. The second kappa shape index (κ2) is 8.20. The number of ether oxygens (including phenoxy) is 2. The van der Waals surface area contributed by atoms with Gasteiger partial charge < -0.3 is 14.5 Å². The first-order valence-corrected chi connectivity index (χ1v) is 9.22. The van der Waals surface area contributed by atoms with Crippen LogP contribution in [0.15, 0.2) is 61.1 Å². The van der Waals surface area contributed by atoms with Crippen molar-refractivity contribution in [3.8, 4) is 34.1 Å². The summed E-state index contributed by atoms with van der Waals surface area (Å²) in [5, 5.41) is 9.75. The first kappa shape index (κ1) is 19.4. The van der Waals surface area contributed by atoms with Crippen LogP contribution in [-0.4, -0.2) is 27.3 Å². The molecule has 3 heterocycles. The number of methoxy groups -OCH3 is 1. The molecule has 4 aromatic rings. The fourth-order valence-electron chi connectivity index (χ4n) is 2.96. The zero-order valence-corrected chi connectivity index (χ0v) is 16.5. The van der Waals surface area contributed by atoms with Crippen molar-refractivity contribution in [3.63, 3.8) is 0 Å². The molecule has 0 unspecified atom stereocenters. The fourth-order valence-corrected chi connectivity index (χ4v) is 2.96. The van der Waals surface area contributed by atoms with Crippen LogP contribution in [0.2, 0.25) is 0 Å². The number of hydrogen-bond donors (Lipinski definition) is 2. The number of halogens is 1. The Morgan fingerprint density at radius 1 is 1.10 bits per heavy atom. The van der Waals surface area contributed by atoms with E-state index in [9.17, 15) is 9.60 Å². The number of benzene rings is 1. The first-order valence-electron chi connectivity index (χ1n) is 9.22. The Morgan fingerprint density at radius 3 is 2.70 bits per heavy atom. The lowest BCUT2D eigenvalue weighted by Gasteiger charge is -2.11. The summed E-state index contributed by atoms with van der Waals surface area (Å²) in [7, 11) is 1.58. The lowest BCUT2D eigenvalue weighted by molar-refractivity contribution is -0.909. The topological polar surface area (TPSA) is 84.1 Å². The van der Waals surface area contributed by atoms with Gasteiger partial charge in [-0.15, -0.1) is 0 Å². The number of rotatable bonds is 6. The van der Waals surface area contributed by atoms with Gasteiger partial charge in [0.2, 0.25) is 17.8 Å². The highest BCUT2D eigenvalue weighted by molar-refractivity contribution is 5.70. The molecule has 0 saturated carbocycles. The molecular formula is C22H20FN4O3+. The number of nitrogens with zero attached hydrogens (tertiary/aromatic N) is 3. The Morgan fingerprint density at radius 2 is 1.97 bits per heavy atom. The third-order valence-electron chi connectivity index (χ3n) is 4.63. The van der Waals surface area contributed by atoms with Gasteiger partial charge in [-0.25, -0.2) is 9.97 Å². The van der Waals surface area contributed by atoms with E-state index in [1.807, 2.05) is 31.2 Å². The van der Waals surface area contributed by atoms with Crippen molar-refractivity contribution in [2.75, 3.05) is 7.11 Å².